The van der Waals surface area contributed by atoms with Gasteiger partial charge in [0.25, 0.3) is 11.5 Å². The maximum Gasteiger partial charge on any atom is 0.265 e. The van der Waals surface area contributed by atoms with Crippen LogP contribution in [-0.2, 0) is 12.8 Å². The van der Waals surface area contributed by atoms with Crippen LogP contribution in [0.5, 0.6) is 5.75 Å². The van der Waals surface area contributed by atoms with Gasteiger partial charge in [-0.3, -0.25) is 9.59 Å². The molecule has 0 saturated heterocycles. The van der Waals surface area contributed by atoms with E-state index >= 15 is 0 Å². The summed E-state index contributed by atoms with van der Waals surface area (Å²) < 4.78 is 0. The van der Waals surface area contributed by atoms with Gasteiger partial charge < -0.3 is 15.4 Å². The first-order valence-electron chi connectivity index (χ1n) is 8.40. The van der Waals surface area contributed by atoms with Crippen molar-refractivity contribution in [2.75, 3.05) is 5.32 Å². The van der Waals surface area contributed by atoms with Crippen molar-refractivity contribution in [3.63, 3.8) is 0 Å². The van der Waals surface area contributed by atoms with Gasteiger partial charge in [-0.05, 0) is 48.9 Å². The number of amides is 1. The molecule has 7 heteroatoms. The van der Waals surface area contributed by atoms with Crippen LogP contribution in [0.3, 0.4) is 0 Å². The second-order valence-corrected chi connectivity index (χ2v) is 8.24. The van der Waals surface area contributed by atoms with E-state index in [0.717, 1.165) is 24.8 Å². The van der Waals surface area contributed by atoms with Crippen LogP contribution in [0, 0.1) is 5.92 Å². The standard InChI is InChI=1S/C19H17ClN2O3S/c1-9-5-6-12-13(7-9)26-19-14(12)16(23)15(18(25)22-19)17(24)21-11-4-2-3-10(20)8-11/h2-4,8-9H,5-7H2,1H3,(H,21,24)(H2,22,23,25). The molecule has 2 heterocycles. The number of thiophene rings is 1. The number of nitrogens with one attached hydrogen (secondary N) is 2. The van der Waals surface area contributed by atoms with Crippen molar-refractivity contribution < 1.29 is 9.90 Å². The van der Waals surface area contributed by atoms with E-state index in [4.69, 9.17) is 11.6 Å². The van der Waals surface area contributed by atoms with E-state index < -0.39 is 11.5 Å². The lowest BCUT2D eigenvalue weighted by molar-refractivity contribution is 0.102. The van der Waals surface area contributed by atoms with E-state index in [0.29, 0.717) is 26.8 Å². The minimum atomic E-state index is -0.656. The molecule has 1 amide bonds. The molecule has 0 fully saturated rings. The number of aromatic hydroxyl groups is 1. The van der Waals surface area contributed by atoms with Gasteiger partial charge in [0.15, 0.2) is 0 Å². The van der Waals surface area contributed by atoms with Crippen molar-refractivity contribution in [3.8, 4) is 5.75 Å². The summed E-state index contributed by atoms with van der Waals surface area (Å²) in [4.78, 5) is 29.6. The fourth-order valence-electron chi connectivity index (χ4n) is 3.46. The van der Waals surface area contributed by atoms with Crippen LogP contribution < -0.4 is 10.9 Å². The van der Waals surface area contributed by atoms with E-state index in [1.54, 1.807) is 24.3 Å². The monoisotopic (exact) mass is 388 g/mol. The zero-order valence-electron chi connectivity index (χ0n) is 14.1. The summed E-state index contributed by atoms with van der Waals surface area (Å²) in [5.74, 6) is -0.317. The average molecular weight is 389 g/mol. The summed E-state index contributed by atoms with van der Waals surface area (Å²) in [5.41, 5.74) is 0.647. The quantitative estimate of drug-likeness (QED) is 0.611. The second-order valence-electron chi connectivity index (χ2n) is 6.70. The van der Waals surface area contributed by atoms with Crippen molar-refractivity contribution in [1.29, 1.82) is 0 Å². The molecule has 26 heavy (non-hydrogen) atoms. The molecule has 0 spiro atoms. The van der Waals surface area contributed by atoms with Crippen molar-refractivity contribution >= 4 is 44.7 Å². The number of hydrogen-bond acceptors (Lipinski definition) is 4. The summed E-state index contributed by atoms with van der Waals surface area (Å²) in [6.45, 7) is 2.19. The molecule has 1 aliphatic carbocycles. The van der Waals surface area contributed by atoms with Gasteiger partial charge in [-0.1, -0.05) is 24.6 Å². The van der Waals surface area contributed by atoms with Crippen LogP contribution in [0.15, 0.2) is 29.1 Å². The Morgan fingerprint density at radius 3 is 3.00 bits per heavy atom. The van der Waals surface area contributed by atoms with Gasteiger partial charge in [-0.15, -0.1) is 11.3 Å². The first-order valence-corrected chi connectivity index (χ1v) is 9.60. The van der Waals surface area contributed by atoms with Gasteiger partial charge in [0.1, 0.15) is 16.1 Å². The molecule has 2 aromatic heterocycles. The summed E-state index contributed by atoms with van der Waals surface area (Å²) in [7, 11) is 0. The number of rotatable bonds is 2. The summed E-state index contributed by atoms with van der Waals surface area (Å²) in [6.07, 6.45) is 2.80. The van der Waals surface area contributed by atoms with Gasteiger partial charge >= 0.3 is 0 Å². The molecule has 5 nitrogen and oxygen atoms in total. The zero-order valence-corrected chi connectivity index (χ0v) is 15.6. The average Bonchev–Trinajstić information content (AvgIpc) is 2.91. The molecule has 1 atom stereocenters. The molecule has 4 rings (SSSR count). The van der Waals surface area contributed by atoms with E-state index in [-0.39, 0.29) is 11.3 Å². The number of carbonyl (C=O) groups excluding carboxylic acids is 1. The Kier molecular flexibility index (Phi) is 4.25. The molecule has 1 aliphatic rings. The fraction of sp³-hybridized carbons (Fsp3) is 0.263. The molecule has 0 saturated carbocycles. The molecule has 1 unspecified atom stereocenters. The second kappa shape index (κ2) is 6.45. The highest BCUT2D eigenvalue weighted by Crippen LogP contribution is 2.41. The summed E-state index contributed by atoms with van der Waals surface area (Å²) >= 11 is 7.42. The maximum absolute atomic E-state index is 12.6. The van der Waals surface area contributed by atoms with E-state index in [9.17, 15) is 14.7 Å². The Labute approximate surface area is 158 Å². The number of aromatic nitrogens is 1. The SMILES string of the molecule is CC1CCc2c(sc3[nH]c(=O)c(C(=O)Nc4cccc(Cl)c4)c(O)c23)C1. The van der Waals surface area contributed by atoms with Crippen LogP contribution in [0.25, 0.3) is 10.2 Å². The van der Waals surface area contributed by atoms with Crippen molar-refractivity contribution in [2.24, 2.45) is 5.92 Å². The van der Waals surface area contributed by atoms with Gasteiger partial charge in [-0.25, -0.2) is 0 Å². The number of pyridine rings is 1. The third-order valence-corrected chi connectivity index (χ3v) is 6.15. The van der Waals surface area contributed by atoms with E-state index in [1.165, 1.54) is 16.2 Å². The van der Waals surface area contributed by atoms with Gasteiger partial charge in [-0.2, -0.15) is 0 Å². The van der Waals surface area contributed by atoms with E-state index in [1.807, 2.05) is 0 Å². The number of aryl methyl sites for hydroxylation is 1. The Hall–Kier alpha value is -2.31. The minimum Gasteiger partial charge on any atom is -0.506 e. The number of carbonyl (C=O) groups is 1. The Morgan fingerprint density at radius 2 is 2.23 bits per heavy atom. The molecule has 0 bridgehead atoms. The van der Waals surface area contributed by atoms with Crippen molar-refractivity contribution in [2.45, 2.75) is 26.2 Å². The number of H-pyrrole nitrogens is 1. The molecular weight excluding hydrogens is 372 g/mol. The first kappa shape index (κ1) is 17.1. The predicted octanol–water partition coefficient (Wildman–Crippen LogP) is 4.33. The van der Waals surface area contributed by atoms with Crippen LogP contribution in [-0.4, -0.2) is 16.0 Å². The smallest absolute Gasteiger partial charge is 0.265 e. The number of hydrogen-bond donors (Lipinski definition) is 3. The number of fused-ring (bicyclic) bond motifs is 3. The highest BCUT2D eigenvalue weighted by Gasteiger charge is 2.27. The number of benzene rings is 1. The van der Waals surface area contributed by atoms with Gasteiger partial charge in [0, 0.05) is 15.6 Å². The van der Waals surface area contributed by atoms with Crippen LogP contribution in [0.1, 0.15) is 34.1 Å². The molecule has 1 aromatic carbocycles. The third-order valence-electron chi connectivity index (χ3n) is 4.75. The van der Waals surface area contributed by atoms with Gasteiger partial charge in [0.2, 0.25) is 0 Å². The largest absolute Gasteiger partial charge is 0.506 e. The summed E-state index contributed by atoms with van der Waals surface area (Å²) in [5, 5.41) is 14.4. The predicted molar refractivity (Wildman–Crippen MR) is 105 cm³/mol. The van der Waals surface area contributed by atoms with E-state index in [2.05, 4.69) is 17.2 Å². The normalized spacial score (nSPS) is 16.5. The third kappa shape index (κ3) is 2.89. The lowest BCUT2D eigenvalue weighted by Gasteiger charge is -2.18. The van der Waals surface area contributed by atoms with Gasteiger partial charge in [0.05, 0.1) is 5.39 Å². The minimum absolute atomic E-state index is 0.240. The van der Waals surface area contributed by atoms with Crippen molar-refractivity contribution in [1.82, 2.24) is 4.98 Å². The molecule has 0 radical (unpaired) electrons. The molecule has 3 aromatic rings. The molecule has 134 valence electrons. The number of anilines is 1. The van der Waals surface area contributed by atoms with Crippen LogP contribution in [0.4, 0.5) is 5.69 Å². The zero-order chi connectivity index (χ0) is 18.4. The Morgan fingerprint density at radius 1 is 1.42 bits per heavy atom. The maximum atomic E-state index is 12.6. The molecule has 0 aliphatic heterocycles. The lowest BCUT2D eigenvalue weighted by Crippen LogP contribution is -2.23. The topological polar surface area (TPSA) is 82.2 Å². The van der Waals surface area contributed by atoms with Crippen LogP contribution in [0.2, 0.25) is 5.02 Å². The highest BCUT2D eigenvalue weighted by atomic mass is 35.5. The highest BCUT2D eigenvalue weighted by molar-refractivity contribution is 7.18. The Balaban J connectivity index is 1.80. The number of halogens is 1. The first-order chi connectivity index (χ1) is 12.4. The number of aromatic amines is 1. The molecular formula is C19H17ClN2O3S. The summed E-state index contributed by atoms with van der Waals surface area (Å²) in [6, 6.07) is 6.63. The lowest BCUT2D eigenvalue weighted by atomic mass is 9.89. The Bertz CT molecular complexity index is 1090. The van der Waals surface area contributed by atoms with Crippen LogP contribution >= 0.6 is 22.9 Å². The van der Waals surface area contributed by atoms with Crippen molar-refractivity contribution in [3.05, 3.63) is 55.6 Å². The fourth-order valence-corrected chi connectivity index (χ4v) is 5.06. The molecule has 3 N–H and O–H groups in total.